The minimum Gasteiger partial charge on any atom is -0.333 e. The second-order valence-electron chi connectivity index (χ2n) is 19.6. The highest BCUT2D eigenvalue weighted by Gasteiger charge is 2.45. The molecule has 8 aromatic carbocycles. The van der Waals surface area contributed by atoms with Gasteiger partial charge < -0.3 is 9.47 Å². The van der Waals surface area contributed by atoms with Gasteiger partial charge >= 0.3 is 0 Å². The SMILES string of the molecule is CC1C(c2ccc(-c3cccc4c3SC3=Cc5c(c6ccccc6n5-c5ccccc5)CC34C)c(C3=NC(c4ccccc4)N(C)C(c4ccccc4)=N3)c2)=CC(c2ccccc2)=CC1c1ccccc1. The van der Waals surface area contributed by atoms with Crippen LogP contribution in [0.1, 0.15) is 76.1 Å². The molecule has 342 valence electrons. The molecular formula is C66H52N4S. The van der Waals surface area contributed by atoms with Crippen LogP contribution in [0.15, 0.2) is 244 Å². The summed E-state index contributed by atoms with van der Waals surface area (Å²) in [4.78, 5) is 16.2. The second kappa shape index (κ2) is 17.4. The monoisotopic (exact) mass is 932 g/mol. The number of hydrogen-bond acceptors (Lipinski definition) is 4. The highest BCUT2D eigenvalue weighted by Crippen LogP contribution is 2.60. The van der Waals surface area contributed by atoms with E-state index in [1.165, 1.54) is 76.6 Å². The molecule has 0 fully saturated rings. The first-order valence-corrected chi connectivity index (χ1v) is 25.6. The van der Waals surface area contributed by atoms with Crippen molar-refractivity contribution in [2.45, 2.75) is 42.7 Å². The number of amidine groups is 2. The quantitative estimate of drug-likeness (QED) is 0.152. The van der Waals surface area contributed by atoms with Crippen molar-refractivity contribution in [3.63, 3.8) is 0 Å². The molecule has 13 rings (SSSR count). The van der Waals surface area contributed by atoms with E-state index in [2.05, 4.69) is 261 Å². The number of nitrogens with zero attached hydrogens (tertiary/aromatic N) is 4. The minimum absolute atomic E-state index is 0.187. The number of benzene rings is 8. The number of rotatable bonds is 8. The van der Waals surface area contributed by atoms with Gasteiger partial charge in [0.2, 0.25) is 0 Å². The third kappa shape index (κ3) is 7.29. The zero-order chi connectivity index (χ0) is 47.6. The molecule has 4 unspecified atom stereocenters. The fraction of sp³-hybridized carbons (Fsp3) is 0.121. The third-order valence-corrected chi connectivity index (χ3v) is 16.8. The van der Waals surface area contributed by atoms with Crippen LogP contribution in [-0.2, 0) is 11.8 Å². The van der Waals surface area contributed by atoms with Crippen molar-refractivity contribution in [2.75, 3.05) is 7.05 Å². The second-order valence-corrected chi connectivity index (χ2v) is 20.6. The number of para-hydroxylation sites is 2. The molecule has 4 nitrogen and oxygen atoms in total. The van der Waals surface area contributed by atoms with E-state index in [-0.39, 0.29) is 23.4 Å². The fourth-order valence-electron chi connectivity index (χ4n) is 11.7. The lowest BCUT2D eigenvalue weighted by molar-refractivity contribution is 0.383. The molecule has 4 aliphatic rings. The van der Waals surface area contributed by atoms with Crippen molar-refractivity contribution >= 4 is 51.6 Å². The number of aromatic nitrogens is 1. The molecule has 0 saturated heterocycles. The predicted octanol–water partition coefficient (Wildman–Crippen LogP) is 16.0. The van der Waals surface area contributed by atoms with Crippen molar-refractivity contribution in [1.29, 1.82) is 0 Å². The van der Waals surface area contributed by atoms with Gasteiger partial charge in [-0.05, 0) is 98.3 Å². The Labute approximate surface area is 420 Å². The van der Waals surface area contributed by atoms with Gasteiger partial charge in [-0.25, -0.2) is 9.98 Å². The molecule has 0 bridgehead atoms. The molecule has 2 aliphatic carbocycles. The number of thioether (sulfide) groups is 1. The average molecular weight is 933 g/mol. The number of allylic oxidation sites excluding steroid dienone is 5. The van der Waals surface area contributed by atoms with E-state index in [0.29, 0.717) is 0 Å². The Morgan fingerprint density at radius 3 is 1.97 bits per heavy atom. The minimum atomic E-state index is -0.287. The van der Waals surface area contributed by atoms with Gasteiger partial charge in [0.1, 0.15) is 12.0 Å². The van der Waals surface area contributed by atoms with Gasteiger partial charge in [-0.2, -0.15) is 0 Å². The Hall–Kier alpha value is -7.99. The molecule has 0 spiro atoms. The Morgan fingerprint density at radius 2 is 1.24 bits per heavy atom. The van der Waals surface area contributed by atoms with Crippen LogP contribution in [0.4, 0.5) is 0 Å². The summed E-state index contributed by atoms with van der Waals surface area (Å²) in [5, 5.41) is 1.32. The van der Waals surface area contributed by atoms with Gasteiger partial charge in [0.15, 0.2) is 5.84 Å². The van der Waals surface area contributed by atoms with Crippen molar-refractivity contribution in [3.05, 3.63) is 280 Å². The smallest absolute Gasteiger partial charge is 0.160 e. The molecule has 3 heterocycles. The maximum atomic E-state index is 5.67. The predicted molar refractivity (Wildman–Crippen MR) is 297 cm³/mol. The molecule has 0 N–H and O–H groups in total. The molecule has 5 heteroatoms. The summed E-state index contributed by atoms with van der Waals surface area (Å²) in [7, 11) is 2.12. The van der Waals surface area contributed by atoms with Gasteiger partial charge in [-0.3, -0.25) is 0 Å². The van der Waals surface area contributed by atoms with E-state index < -0.39 is 0 Å². The molecule has 0 radical (unpaired) electrons. The number of fused-ring (bicyclic) bond motifs is 6. The van der Waals surface area contributed by atoms with E-state index in [9.17, 15) is 0 Å². The van der Waals surface area contributed by atoms with Gasteiger partial charge in [-0.1, -0.05) is 226 Å². The molecule has 9 aromatic rings. The van der Waals surface area contributed by atoms with Crippen LogP contribution in [0.25, 0.3) is 44.9 Å². The van der Waals surface area contributed by atoms with Crippen LogP contribution in [0.3, 0.4) is 0 Å². The molecule has 71 heavy (non-hydrogen) atoms. The summed E-state index contributed by atoms with van der Waals surface area (Å²) in [5.41, 5.74) is 18.1. The van der Waals surface area contributed by atoms with E-state index in [1.54, 1.807) is 0 Å². The average Bonchev–Trinajstić information content (AvgIpc) is 3.91. The summed E-state index contributed by atoms with van der Waals surface area (Å²) in [6, 6.07) is 77.0. The zero-order valence-corrected chi connectivity index (χ0v) is 40.9. The number of aliphatic imine (C=N–C) groups is 2. The van der Waals surface area contributed by atoms with Crippen molar-refractivity contribution in [2.24, 2.45) is 15.9 Å². The third-order valence-electron chi connectivity index (χ3n) is 15.4. The molecular weight excluding hydrogens is 881 g/mol. The molecule has 0 amide bonds. The molecule has 1 aromatic heterocycles. The van der Waals surface area contributed by atoms with Crippen molar-refractivity contribution < 1.29 is 0 Å². The number of hydrogen-bond donors (Lipinski definition) is 0. The van der Waals surface area contributed by atoms with Crippen molar-refractivity contribution in [3.8, 4) is 16.8 Å². The van der Waals surface area contributed by atoms with Gasteiger partial charge in [0.05, 0.1) is 11.2 Å². The maximum Gasteiger partial charge on any atom is 0.160 e. The molecule has 2 aliphatic heterocycles. The van der Waals surface area contributed by atoms with Gasteiger partial charge in [0, 0.05) is 50.4 Å². The summed E-state index contributed by atoms with van der Waals surface area (Å²) in [5.74, 6) is 2.01. The Morgan fingerprint density at radius 1 is 0.592 bits per heavy atom. The van der Waals surface area contributed by atoms with Gasteiger partial charge in [0.25, 0.3) is 0 Å². The van der Waals surface area contributed by atoms with Crippen LogP contribution < -0.4 is 0 Å². The Kier molecular flexibility index (Phi) is 10.6. The summed E-state index contributed by atoms with van der Waals surface area (Å²) in [6.07, 6.45) is 8.02. The standard InChI is InChI=1S/C66H52N4S/c1-43-54(45-24-11-5-12-25-45)39-49(44-22-9-4-10-23-44)40-55(43)48-36-37-51(56(38-48)63-67-64(46-26-13-6-14-27-46)69(3)65(68-63)47-28-15-7-16-29-47)53-33-21-34-58-62(53)71-61-41-60-57(42-66(58,61)2)52-32-19-20-35-59(52)70(60)50-30-17-8-18-31-50/h4-41,43,54,64H,42H2,1-3H3. The van der Waals surface area contributed by atoms with E-state index >= 15 is 0 Å². The van der Waals surface area contributed by atoms with Crippen LogP contribution >= 0.6 is 11.8 Å². The highest BCUT2D eigenvalue weighted by atomic mass is 32.2. The van der Waals surface area contributed by atoms with Crippen LogP contribution in [0.5, 0.6) is 0 Å². The van der Waals surface area contributed by atoms with E-state index in [1.807, 2.05) is 11.8 Å². The Bertz CT molecular complexity index is 3680. The van der Waals surface area contributed by atoms with Gasteiger partial charge in [-0.15, -0.1) is 0 Å². The van der Waals surface area contributed by atoms with E-state index in [4.69, 9.17) is 9.98 Å². The van der Waals surface area contributed by atoms with Crippen LogP contribution in [0.2, 0.25) is 0 Å². The normalized spacial score (nSPS) is 20.2. The largest absolute Gasteiger partial charge is 0.333 e. The first-order valence-electron chi connectivity index (χ1n) is 24.8. The van der Waals surface area contributed by atoms with E-state index in [0.717, 1.165) is 40.3 Å². The zero-order valence-electron chi connectivity index (χ0n) is 40.1. The van der Waals surface area contributed by atoms with Crippen LogP contribution in [0, 0.1) is 5.92 Å². The summed E-state index contributed by atoms with van der Waals surface area (Å²) in [6.45, 7) is 4.85. The Balaban J connectivity index is 1.01. The maximum absolute atomic E-state index is 5.67. The summed E-state index contributed by atoms with van der Waals surface area (Å²) < 4.78 is 2.46. The first kappa shape index (κ1) is 43.1. The lowest BCUT2D eigenvalue weighted by Gasteiger charge is -2.33. The lowest BCUT2D eigenvalue weighted by Crippen LogP contribution is -2.35. The van der Waals surface area contributed by atoms with Crippen molar-refractivity contribution in [1.82, 2.24) is 9.47 Å². The van der Waals surface area contributed by atoms with Crippen LogP contribution in [-0.4, -0.2) is 28.2 Å². The summed E-state index contributed by atoms with van der Waals surface area (Å²) >= 11 is 1.94. The fourth-order valence-corrected chi connectivity index (χ4v) is 13.2. The highest BCUT2D eigenvalue weighted by molar-refractivity contribution is 8.03. The molecule has 0 saturated carbocycles. The topological polar surface area (TPSA) is 32.9 Å². The molecule has 4 atom stereocenters. The lowest BCUT2D eigenvalue weighted by atomic mass is 9.73. The first-order chi connectivity index (χ1) is 34.9.